The van der Waals surface area contributed by atoms with Gasteiger partial charge in [0.15, 0.2) is 0 Å². The first-order valence-corrected chi connectivity index (χ1v) is 11.1. The number of hydrogen-bond acceptors (Lipinski definition) is 5. The molecule has 0 radical (unpaired) electrons. The Bertz CT molecular complexity index is 1080. The molecule has 3 aromatic carbocycles. The fourth-order valence-electron chi connectivity index (χ4n) is 2.96. The monoisotopic (exact) mass is 445 g/mol. The predicted molar refractivity (Wildman–Crippen MR) is 136 cm³/mol. The third-order valence-corrected chi connectivity index (χ3v) is 5.62. The number of aliphatic imine (C=N–C) groups is 1. The summed E-state index contributed by atoms with van der Waals surface area (Å²) in [6, 6.07) is 25.7. The van der Waals surface area contributed by atoms with Crippen LogP contribution >= 0.6 is 11.9 Å². The number of rotatable bonds is 9. The van der Waals surface area contributed by atoms with Crippen molar-refractivity contribution in [1.82, 2.24) is 5.32 Å². The van der Waals surface area contributed by atoms with Gasteiger partial charge in [-0.15, -0.1) is 0 Å². The van der Waals surface area contributed by atoms with Gasteiger partial charge in [-0.3, -0.25) is 4.99 Å². The van der Waals surface area contributed by atoms with E-state index < -0.39 is 0 Å². The molecule has 0 atom stereocenters. The van der Waals surface area contributed by atoms with Crippen LogP contribution in [0.15, 0.2) is 88.8 Å². The van der Waals surface area contributed by atoms with E-state index in [1.54, 1.807) is 19.0 Å². The molecule has 0 saturated heterocycles. The van der Waals surface area contributed by atoms with Crippen molar-refractivity contribution in [1.29, 1.82) is 5.41 Å². The number of carbonyl (C=O) groups is 1. The van der Waals surface area contributed by atoms with Gasteiger partial charge in [-0.05, 0) is 60.3 Å². The van der Waals surface area contributed by atoms with Crippen molar-refractivity contribution in [2.75, 3.05) is 23.6 Å². The molecule has 2 amide bonds. The molecule has 6 nitrogen and oxygen atoms in total. The molecule has 0 aromatic heterocycles. The summed E-state index contributed by atoms with van der Waals surface area (Å²) in [5.41, 5.74) is 5.24. The van der Waals surface area contributed by atoms with Gasteiger partial charge in [0.25, 0.3) is 0 Å². The number of amides is 2. The molecule has 0 spiro atoms. The van der Waals surface area contributed by atoms with Gasteiger partial charge in [-0.2, -0.15) is 0 Å². The van der Waals surface area contributed by atoms with Gasteiger partial charge >= 0.3 is 6.03 Å². The second-order valence-corrected chi connectivity index (χ2v) is 8.04. The molecule has 3 rings (SSSR count). The van der Waals surface area contributed by atoms with Gasteiger partial charge < -0.3 is 20.8 Å². The molecule has 0 bridgehead atoms. The lowest BCUT2D eigenvalue weighted by Crippen LogP contribution is -2.33. The van der Waals surface area contributed by atoms with Crippen LogP contribution in [-0.4, -0.2) is 31.0 Å². The van der Waals surface area contributed by atoms with E-state index in [1.807, 2.05) is 61.5 Å². The number of anilines is 2. The summed E-state index contributed by atoms with van der Waals surface area (Å²) >= 11 is 1.55. The van der Waals surface area contributed by atoms with Gasteiger partial charge in [0.05, 0.1) is 6.54 Å². The minimum atomic E-state index is -0.340. The van der Waals surface area contributed by atoms with Crippen LogP contribution in [0.1, 0.15) is 13.3 Å². The molecule has 32 heavy (non-hydrogen) atoms. The van der Waals surface area contributed by atoms with E-state index in [0.717, 1.165) is 16.3 Å². The topological polar surface area (TPSA) is 89.4 Å². The first-order chi connectivity index (χ1) is 15.5. The number of hydrogen-bond donors (Lipinski definition) is 4. The second-order valence-electron chi connectivity index (χ2n) is 7.19. The minimum Gasteiger partial charge on any atom is -0.333 e. The maximum Gasteiger partial charge on any atom is 0.319 e. The molecule has 164 valence electrons. The van der Waals surface area contributed by atoms with Crippen LogP contribution < -0.4 is 15.4 Å². The zero-order valence-corrected chi connectivity index (χ0v) is 19.0. The SMILES string of the molecule is CN=C(C)CC(=N)CNC(=O)Nc1ccc(NSc2ccccc2-c2ccccc2)cc1. The second kappa shape index (κ2) is 11.7. The van der Waals surface area contributed by atoms with E-state index in [1.165, 1.54) is 11.1 Å². The van der Waals surface area contributed by atoms with Crippen molar-refractivity contribution in [3.8, 4) is 11.1 Å². The first kappa shape index (κ1) is 23.1. The first-order valence-electron chi connectivity index (χ1n) is 10.3. The van der Waals surface area contributed by atoms with Crippen LogP contribution in [0.5, 0.6) is 0 Å². The van der Waals surface area contributed by atoms with Gasteiger partial charge in [-0.1, -0.05) is 48.5 Å². The summed E-state index contributed by atoms with van der Waals surface area (Å²) in [5, 5.41) is 13.4. The summed E-state index contributed by atoms with van der Waals surface area (Å²) in [4.78, 5) is 17.2. The fourth-order valence-corrected chi connectivity index (χ4v) is 3.77. The quantitative estimate of drug-likeness (QED) is 0.237. The highest BCUT2D eigenvalue weighted by Gasteiger charge is 2.07. The highest BCUT2D eigenvalue weighted by atomic mass is 32.2. The maximum atomic E-state index is 12.1. The fraction of sp³-hybridized carbons (Fsp3) is 0.160. The Kier molecular flexibility index (Phi) is 8.45. The molecular formula is C25H27N5OS. The molecular weight excluding hydrogens is 418 g/mol. The van der Waals surface area contributed by atoms with Crippen LogP contribution in [0.25, 0.3) is 11.1 Å². The molecule has 0 saturated carbocycles. The Morgan fingerprint density at radius 2 is 1.59 bits per heavy atom. The summed E-state index contributed by atoms with van der Waals surface area (Å²) in [6.45, 7) is 2.05. The molecule has 0 aliphatic heterocycles. The summed E-state index contributed by atoms with van der Waals surface area (Å²) in [7, 11) is 1.70. The Labute approximate surface area is 193 Å². The normalized spacial score (nSPS) is 11.0. The molecule has 0 unspecified atom stereocenters. The van der Waals surface area contributed by atoms with Gasteiger partial charge in [0.1, 0.15) is 0 Å². The van der Waals surface area contributed by atoms with Crippen LogP contribution in [0.2, 0.25) is 0 Å². The Balaban J connectivity index is 1.52. The maximum absolute atomic E-state index is 12.1. The van der Waals surface area contributed by atoms with E-state index in [4.69, 9.17) is 5.41 Å². The average molecular weight is 446 g/mol. The van der Waals surface area contributed by atoms with E-state index in [9.17, 15) is 4.79 Å². The number of urea groups is 1. The van der Waals surface area contributed by atoms with Gasteiger partial charge in [0.2, 0.25) is 0 Å². The zero-order valence-electron chi connectivity index (χ0n) is 18.2. The number of carbonyl (C=O) groups excluding carboxylic acids is 1. The summed E-state index contributed by atoms with van der Waals surface area (Å²) in [6.07, 6.45) is 0.461. The highest BCUT2D eigenvalue weighted by Crippen LogP contribution is 2.32. The van der Waals surface area contributed by atoms with Gasteiger partial charge in [0, 0.05) is 41.2 Å². The van der Waals surface area contributed by atoms with Crippen LogP contribution in [0, 0.1) is 5.41 Å². The van der Waals surface area contributed by atoms with Crippen LogP contribution in [-0.2, 0) is 0 Å². The lowest BCUT2D eigenvalue weighted by Gasteiger charge is -2.12. The molecule has 0 heterocycles. The van der Waals surface area contributed by atoms with E-state index in [2.05, 4.69) is 44.6 Å². The standard InChI is InChI=1S/C25H27N5OS/c1-18(27-2)16-20(26)17-28-25(31)29-21-12-14-22(15-13-21)30-32-24-11-7-6-10-23(24)19-8-4-3-5-9-19/h3-15,26,30H,16-17H2,1-2H3,(H2,28,29,31). The Hall–Kier alpha value is -3.58. The molecule has 3 aromatic rings. The van der Waals surface area contributed by atoms with Crippen LogP contribution in [0.4, 0.5) is 16.2 Å². The zero-order chi connectivity index (χ0) is 22.8. The Morgan fingerprint density at radius 3 is 2.31 bits per heavy atom. The molecule has 0 aliphatic carbocycles. The van der Waals surface area contributed by atoms with E-state index >= 15 is 0 Å². The van der Waals surface area contributed by atoms with Crippen molar-refractivity contribution in [3.63, 3.8) is 0 Å². The van der Waals surface area contributed by atoms with E-state index in [-0.39, 0.29) is 12.6 Å². The smallest absolute Gasteiger partial charge is 0.319 e. The molecule has 4 N–H and O–H groups in total. The summed E-state index contributed by atoms with van der Waals surface area (Å²) < 4.78 is 3.36. The number of benzene rings is 3. The van der Waals surface area contributed by atoms with E-state index in [0.29, 0.717) is 17.8 Å². The third kappa shape index (κ3) is 6.99. The Morgan fingerprint density at radius 1 is 0.938 bits per heavy atom. The highest BCUT2D eigenvalue weighted by molar-refractivity contribution is 8.00. The average Bonchev–Trinajstić information content (AvgIpc) is 2.83. The summed E-state index contributed by atoms with van der Waals surface area (Å²) in [5.74, 6) is 0. The third-order valence-electron chi connectivity index (χ3n) is 4.71. The van der Waals surface area contributed by atoms with Crippen molar-refractivity contribution >= 4 is 40.8 Å². The lowest BCUT2D eigenvalue weighted by atomic mass is 10.1. The van der Waals surface area contributed by atoms with Gasteiger partial charge in [-0.25, -0.2) is 4.79 Å². The van der Waals surface area contributed by atoms with Crippen molar-refractivity contribution in [3.05, 3.63) is 78.9 Å². The van der Waals surface area contributed by atoms with Crippen molar-refractivity contribution in [2.45, 2.75) is 18.2 Å². The number of nitrogens with zero attached hydrogens (tertiary/aromatic N) is 1. The van der Waals surface area contributed by atoms with Crippen LogP contribution in [0.3, 0.4) is 0 Å². The van der Waals surface area contributed by atoms with Crippen molar-refractivity contribution < 1.29 is 4.79 Å². The molecule has 0 aliphatic rings. The van der Waals surface area contributed by atoms with Crippen molar-refractivity contribution in [2.24, 2.45) is 4.99 Å². The molecule has 7 heteroatoms. The number of nitrogens with one attached hydrogen (secondary N) is 4. The predicted octanol–water partition coefficient (Wildman–Crippen LogP) is 6.09. The largest absolute Gasteiger partial charge is 0.333 e. The minimum absolute atomic E-state index is 0.190. The lowest BCUT2D eigenvalue weighted by molar-refractivity contribution is 0.253. The molecule has 0 fully saturated rings.